The highest BCUT2D eigenvalue weighted by Gasteiger charge is 2.12. The Hall–Kier alpha value is -2.63. The summed E-state index contributed by atoms with van der Waals surface area (Å²) in [5.74, 6) is -1.39. The van der Waals surface area contributed by atoms with Crippen LogP contribution in [0, 0.1) is 0 Å². The Bertz CT molecular complexity index is 579. The van der Waals surface area contributed by atoms with E-state index in [1.807, 2.05) is 13.8 Å². The van der Waals surface area contributed by atoms with Crippen LogP contribution in [0.3, 0.4) is 0 Å². The van der Waals surface area contributed by atoms with E-state index in [1.165, 1.54) is 0 Å². The first-order valence-electron chi connectivity index (χ1n) is 6.99. The number of benzene rings is 1. The van der Waals surface area contributed by atoms with Crippen LogP contribution in [0.15, 0.2) is 36.4 Å². The molecule has 0 saturated heterocycles. The van der Waals surface area contributed by atoms with Crippen LogP contribution in [0.1, 0.15) is 31.1 Å². The van der Waals surface area contributed by atoms with Crippen LogP contribution < -0.4 is 10.6 Å². The summed E-state index contributed by atoms with van der Waals surface area (Å²) in [4.78, 5) is 35.0. The summed E-state index contributed by atoms with van der Waals surface area (Å²) in [6, 6.07) is 6.63. The first-order valence-corrected chi connectivity index (χ1v) is 6.99. The van der Waals surface area contributed by atoms with E-state index in [0.29, 0.717) is 11.3 Å². The summed E-state index contributed by atoms with van der Waals surface area (Å²) < 4.78 is 4.68. The lowest BCUT2D eigenvalue weighted by Crippen LogP contribution is -2.30. The average Bonchev–Trinajstić information content (AvgIpc) is 2.45. The molecule has 0 atom stereocenters. The van der Waals surface area contributed by atoms with Gasteiger partial charge in [0.05, 0.1) is 17.9 Å². The number of carbonyl (C=O) groups is 3. The number of hydrogen-bond donors (Lipinski definition) is 2. The number of hydrogen-bond acceptors (Lipinski definition) is 4. The maximum absolute atomic E-state index is 12.1. The molecule has 6 heteroatoms. The Balaban J connectivity index is 2.79. The molecule has 0 radical (unpaired) electrons. The van der Waals surface area contributed by atoms with Gasteiger partial charge in [-0.05, 0) is 32.9 Å². The molecule has 0 aromatic heterocycles. The van der Waals surface area contributed by atoms with Crippen molar-refractivity contribution in [1.82, 2.24) is 5.32 Å². The number of rotatable bonds is 6. The Morgan fingerprint density at radius 1 is 1.18 bits per heavy atom. The summed E-state index contributed by atoms with van der Waals surface area (Å²) in [5.41, 5.74) is 0.730. The van der Waals surface area contributed by atoms with Crippen LogP contribution in [0.5, 0.6) is 0 Å². The predicted octanol–water partition coefficient (Wildman–Crippen LogP) is 1.88. The van der Waals surface area contributed by atoms with E-state index >= 15 is 0 Å². The van der Waals surface area contributed by atoms with Crippen LogP contribution in [0.2, 0.25) is 0 Å². The second-order valence-corrected chi connectivity index (χ2v) is 4.75. The molecule has 0 bridgehead atoms. The molecule has 1 aromatic carbocycles. The molecular formula is C16H20N2O4. The van der Waals surface area contributed by atoms with Gasteiger partial charge in [-0.1, -0.05) is 12.1 Å². The molecule has 1 aromatic rings. The first kappa shape index (κ1) is 17.4. The van der Waals surface area contributed by atoms with E-state index in [9.17, 15) is 14.4 Å². The van der Waals surface area contributed by atoms with Gasteiger partial charge in [0, 0.05) is 18.2 Å². The Labute approximate surface area is 129 Å². The van der Waals surface area contributed by atoms with E-state index in [0.717, 1.165) is 12.2 Å². The van der Waals surface area contributed by atoms with Crippen LogP contribution in [-0.2, 0) is 14.3 Å². The molecular weight excluding hydrogens is 284 g/mol. The number of amides is 2. The molecule has 6 nitrogen and oxygen atoms in total. The summed E-state index contributed by atoms with van der Waals surface area (Å²) in [7, 11) is 0. The van der Waals surface area contributed by atoms with Gasteiger partial charge < -0.3 is 15.4 Å². The highest BCUT2D eigenvalue weighted by Crippen LogP contribution is 2.15. The van der Waals surface area contributed by atoms with Crippen LogP contribution in [-0.4, -0.2) is 30.4 Å². The van der Waals surface area contributed by atoms with Crippen molar-refractivity contribution in [2.75, 3.05) is 11.9 Å². The SMILES string of the molecule is CCOC(=O)/C=C/C(=O)Nc1ccccc1C(=O)NC(C)C. The van der Waals surface area contributed by atoms with E-state index in [1.54, 1.807) is 31.2 Å². The number of carbonyl (C=O) groups excluding carboxylic acids is 3. The Kier molecular flexibility index (Phi) is 6.82. The largest absolute Gasteiger partial charge is 0.463 e. The second kappa shape index (κ2) is 8.61. The summed E-state index contributed by atoms with van der Waals surface area (Å²) in [6.07, 6.45) is 2.10. The predicted molar refractivity (Wildman–Crippen MR) is 83.4 cm³/mol. The molecule has 0 spiro atoms. The normalized spacial score (nSPS) is 10.5. The van der Waals surface area contributed by atoms with E-state index in [4.69, 9.17) is 0 Å². The molecule has 22 heavy (non-hydrogen) atoms. The summed E-state index contributed by atoms with van der Waals surface area (Å²) >= 11 is 0. The van der Waals surface area contributed by atoms with Crippen LogP contribution >= 0.6 is 0 Å². The Morgan fingerprint density at radius 2 is 1.86 bits per heavy atom. The average molecular weight is 304 g/mol. The van der Waals surface area contributed by atoms with Crippen LogP contribution in [0.25, 0.3) is 0 Å². The maximum Gasteiger partial charge on any atom is 0.330 e. The zero-order valence-corrected chi connectivity index (χ0v) is 12.9. The molecule has 0 saturated carbocycles. The zero-order chi connectivity index (χ0) is 16.5. The zero-order valence-electron chi connectivity index (χ0n) is 12.9. The minimum Gasteiger partial charge on any atom is -0.463 e. The minimum absolute atomic E-state index is 0.0139. The number of esters is 1. The van der Waals surface area contributed by atoms with Gasteiger partial charge in [0.1, 0.15) is 0 Å². The third-order valence-electron chi connectivity index (χ3n) is 2.51. The van der Waals surface area contributed by atoms with Crippen molar-refractivity contribution in [2.45, 2.75) is 26.8 Å². The second-order valence-electron chi connectivity index (χ2n) is 4.75. The maximum atomic E-state index is 12.1. The van der Waals surface area contributed by atoms with Crippen molar-refractivity contribution < 1.29 is 19.1 Å². The van der Waals surface area contributed by atoms with Crippen molar-refractivity contribution >= 4 is 23.5 Å². The fourth-order valence-corrected chi connectivity index (χ4v) is 1.64. The van der Waals surface area contributed by atoms with Gasteiger partial charge in [-0.3, -0.25) is 9.59 Å². The number of ether oxygens (including phenoxy) is 1. The highest BCUT2D eigenvalue weighted by molar-refractivity contribution is 6.07. The smallest absolute Gasteiger partial charge is 0.330 e. The lowest BCUT2D eigenvalue weighted by Gasteiger charge is -2.12. The van der Waals surface area contributed by atoms with Gasteiger partial charge >= 0.3 is 5.97 Å². The Morgan fingerprint density at radius 3 is 2.50 bits per heavy atom. The summed E-state index contributed by atoms with van der Waals surface area (Å²) in [6.45, 7) is 5.61. The molecule has 0 unspecified atom stereocenters. The molecule has 2 N–H and O–H groups in total. The number of nitrogens with one attached hydrogen (secondary N) is 2. The standard InChI is InChI=1S/C16H20N2O4/c1-4-22-15(20)10-9-14(19)18-13-8-6-5-7-12(13)16(21)17-11(2)3/h5-11H,4H2,1-3H3,(H,17,21)(H,18,19)/b10-9+. The van der Waals surface area contributed by atoms with Gasteiger partial charge in [0.15, 0.2) is 0 Å². The lowest BCUT2D eigenvalue weighted by atomic mass is 10.1. The fourth-order valence-electron chi connectivity index (χ4n) is 1.64. The van der Waals surface area contributed by atoms with Gasteiger partial charge in [-0.2, -0.15) is 0 Å². The molecule has 0 aliphatic rings. The van der Waals surface area contributed by atoms with Gasteiger partial charge in [0.25, 0.3) is 5.91 Å². The van der Waals surface area contributed by atoms with Crippen molar-refractivity contribution in [3.8, 4) is 0 Å². The topological polar surface area (TPSA) is 84.5 Å². The van der Waals surface area contributed by atoms with Crippen LogP contribution in [0.4, 0.5) is 5.69 Å². The third-order valence-corrected chi connectivity index (χ3v) is 2.51. The molecule has 0 fully saturated rings. The van der Waals surface area contributed by atoms with Gasteiger partial charge in [-0.15, -0.1) is 0 Å². The number of para-hydroxylation sites is 1. The highest BCUT2D eigenvalue weighted by atomic mass is 16.5. The summed E-state index contributed by atoms with van der Waals surface area (Å²) in [5, 5.41) is 5.33. The molecule has 0 aliphatic carbocycles. The molecule has 2 amide bonds. The molecule has 118 valence electrons. The van der Waals surface area contributed by atoms with E-state index in [2.05, 4.69) is 15.4 Å². The number of anilines is 1. The first-order chi connectivity index (χ1) is 10.4. The lowest BCUT2D eigenvalue weighted by molar-refractivity contribution is -0.137. The van der Waals surface area contributed by atoms with Crippen molar-refractivity contribution in [2.24, 2.45) is 0 Å². The molecule has 0 aliphatic heterocycles. The van der Waals surface area contributed by atoms with Crippen molar-refractivity contribution in [3.05, 3.63) is 42.0 Å². The van der Waals surface area contributed by atoms with Crippen molar-refractivity contribution in [3.63, 3.8) is 0 Å². The third kappa shape index (κ3) is 5.78. The fraction of sp³-hybridized carbons (Fsp3) is 0.312. The van der Waals surface area contributed by atoms with Gasteiger partial charge in [-0.25, -0.2) is 4.79 Å². The van der Waals surface area contributed by atoms with Crippen molar-refractivity contribution in [1.29, 1.82) is 0 Å². The van der Waals surface area contributed by atoms with E-state index in [-0.39, 0.29) is 18.6 Å². The molecule has 0 heterocycles. The van der Waals surface area contributed by atoms with E-state index < -0.39 is 11.9 Å². The quantitative estimate of drug-likeness (QED) is 0.621. The minimum atomic E-state index is -0.594. The monoisotopic (exact) mass is 304 g/mol. The van der Waals surface area contributed by atoms with Gasteiger partial charge in [0.2, 0.25) is 5.91 Å². The molecule has 1 rings (SSSR count).